The third-order valence-corrected chi connectivity index (χ3v) is 8.46. The number of hydrogen-bond donors (Lipinski definition) is 1. The molecule has 1 aliphatic rings. The molecule has 4 aromatic rings. The first-order chi connectivity index (χ1) is 18.8. The summed E-state index contributed by atoms with van der Waals surface area (Å²) in [5.74, 6) is -0.135. The molecular formula is C31H27Cl2NO4S. The van der Waals surface area contributed by atoms with Gasteiger partial charge in [0.2, 0.25) is 0 Å². The van der Waals surface area contributed by atoms with Gasteiger partial charge in [-0.2, -0.15) is 0 Å². The maximum atomic E-state index is 12.6. The Bertz CT molecular complexity index is 1480. The quantitative estimate of drug-likeness (QED) is 0.211. The summed E-state index contributed by atoms with van der Waals surface area (Å²) < 4.78 is 11.4. The molecule has 0 saturated heterocycles. The SMILES string of the molecule is CCOC(=O)C1(c2ccc(-c3ccc(-c4sc(Cl)cc4NC(=O)O[C@H](C)c4ccc(Cl)cc4)cc3)cc2)CC1. The Hall–Kier alpha value is -3.32. The molecule has 1 atom stereocenters. The van der Waals surface area contributed by atoms with Crippen LogP contribution in [0.15, 0.2) is 78.9 Å². The molecule has 0 aliphatic heterocycles. The van der Waals surface area contributed by atoms with Crippen LogP contribution >= 0.6 is 34.5 Å². The van der Waals surface area contributed by atoms with Crippen molar-refractivity contribution in [2.45, 2.75) is 38.2 Å². The van der Waals surface area contributed by atoms with Crippen molar-refractivity contribution in [3.63, 3.8) is 0 Å². The molecule has 3 aromatic carbocycles. The largest absolute Gasteiger partial charge is 0.465 e. The molecule has 5 rings (SSSR count). The molecule has 1 fully saturated rings. The second kappa shape index (κ2) is 11.4. The number of esters is 1. The summed E-state index contributed by atoms with van der Waals surface area (Å²) in [6.45, 7) is 4.03. The van der Waals surface area contributed by atoms with E-state index in [1.807, 2.05) is 67.6 Å². The van der Waals surface area contributed by atoms with Crippen molar-refractivity contribution < 1.29 is 19.1 Å². The van der Waals surface area contributed by atoms with Crippen LogP contribution in [-0.4, -0.2) is 18.7 Å². The fraction of sp³-hybridized carbons (Fsp3) is 0.226. The summed E-state index contributed by atoms with van der Waals surface area (Å²) in [5, 5.41) is 3.46. The zero-order valence-corrected chi connectivity index (χ0v) is 23.8. The van der Waals surface area contributed by atoms with Crippen LogP contribution in [0, 0.1) is 0 Å². The molecule has 8 heteroatoms. The Morgan fingerprint density at radius 2 is 1.51 bits per heavy atom. The monoisotopic (exact) mass is 579 g/mol. The van der Waals surface area contributed by atoms with Gasteiger partial charge in [0.25, 0.3) is 0 Å². The number of ether oxygens (including phenoxy) is 2. The van der Waals surface area contributed by atoms with Crippen molar-refractivity contribution in [2.75, 3.05) is 11.9 Å². The Morgan fingerprint density at radius 1 is 0.923 bits per heavy atom. The van der Waals surface area contributed by atoms with Crippen LogP contribution in [-0.2, 0) is 19.7 Å². The van der Waals surface area contributed by atoms with E-state index in [4.69, 9.17) is 32.7 Å². The minimum Gasteiger partial charge on any atom is -0.465 e. The van der Waals surface area contributed by atoms with Crippen LogP contribution in [0.2, 0.25) is 9.36 Å². The highest BCUT2D eigenvalue weighted by Crippen LogP contribution is 2.49. The van der Waals surface area contributed by atoms with Crippen LogP contribution in [0.1, 0.15) is 43.9 Å². The maximum absolute atomic E-state index is 12.6. The number of halogens is 2. The molecule has 1 saturated carbocycles. The van der Waals surface area contributed by atoms with E-state index < -0.39 is 17.6 Å². The standard InChI is InChI=1S/C31H27Cl2NO4S/c1-3-37-29(35)31(16-17-31)24-12-8-22(9-13-24)21-4-6-23(7-5-21)28-26(18-27(33)39-28)34-30(36)38-19(2)20-10-14-25(32)15-11-20/h4-15,18-19H,3,16-17H2,1-2H3,(H,34,36)/t19-/m1/s1. The summed E-state index contributed by atoms with van der Waals surface area (Å²) in [6.07, 6.45) is 0.638. The number of rotatable bonds is 8. The van der Waals surface area contributed by atoms with E-state index in [1.165, 1.54) is 11.3 Å². The summed E-state index contributed by atoms with van der Waals surface area (Å²) in [7, 11) is 0. The second-order valence-electron chi connectivity index (χ2n) is 9.47. The first-order valence-corrected chi connectivity index (χ1v) is 14.3. The van der Waals surface area contributed by atoms with Crippen molar-refractivity contribution in [1.82, 2.24) is 0 Å². The zero-order valence-electron chi connectivity index (χ0n) is 21.5. The molecule has 0 bridgehead atoms. The fourth-order valence-electron chi connectivity index (χ4n) is 4.57. The van der Waals surface area contributed by atoms with Crippen molar-refractivity contribution in [3.05, 3.63) is 99.3 Å². The Kier molecular flexibility index (Phi) is 7.98. The Morgan fingerprint density at radius 3 is 2.10 bits per heavy atom. The summed E-state index contributed by atoms with van der Waals surface area (Å²) >= 11 is 13.7. The van der Waals surface area contributed by atoms with Gasteiger partial charge < -0.3 is 9.47 Å². The fourth-order valence-corrected chi connectivity index (χ4v) is 5.88. The number of benzene rings is 3. The van der Waals surface area contributed by atoms with E-state index >= 15 is 0 Å². The van der Waals surface area contributed by atoms with Gasteiger partial charge in [0, 0.05) is 5.02 Å². The van der Waals surface area contributed by atoms with E-state index in [2.05, 4.69) is 5.32 Å². The van der Waals surface area contributed by atoms with Crippen molar-refractivity contribution in [3.8, 4) is 21.6 Å². The van der Waals surface area contributed by atoms with Gasteiger partial charge in [-0.3, -0.25) is 10.1 Å². The van der Waals surface area contributed by atoms with Gasteiger partial charge in [-0.1, -0.05) is 83.9 Å². The first-order valence-electron chi connectivity index (χ1n) is 12.7. The lowest BCUT2D eigenvalue weighted by Crippen LogP contribution is -2.23. The number of anilines is 1. The number of amides is 1. The van der Waals surface area contributed by atoms with E-state index in [1.54, 1.807) is 25.1 Å². The van der Waals surface area contributed by atoms with Gasteiger partial charge in [0.1, 0.15) is 6.10 Å². The van der Waals surface area contributed by atoms with Crippen molar-refractivity contribution in [2.24, 2.45) is 0 Å². The van der Waals surface area contributed by atoms with Crippen LogP contribution < -0.4 is 5.32 Å². The number of thiophene rings is 1. The van der Waals surface area contributed by atoms with E-state index in [-0.39, 0.29) is 5.97 Å². The smallest absolute Gasteiger partial charge is 0.412 e. The molecule has 200 valence electrons. The highest BCUT2D eigenvalue weighted by Gasteiger charge is 2.52. The minimum atomic E-state index is -0.568. The molecule has 0 radical (unpaired) electrons. The lowest BCUT2D eigenvalue weighted by atomic mass is 9.93. The Labute approximate surface area is 241 Å². The average Bonchev–Trinajstić information content (AvgIpc) is 3.67. The molecule has 5 nitrogen and oxygen atoms in total. The topological polar surface area (TPSA) is 64.6 Å². The third kappa shape index (κ3) is 5.98. The van der Waals surface area contributed by atoms with E-state index in [0.29, 0.717) is 21.7 Å². The average molecular weight is 581 g/mol. The molecule has 0 unspecified atom stereocenters. The molecule has 1 aliphatic carbocycles. The number of carbonyl (C=O) groups is 2. The van der Waals surface area contributed by atoms with Gasteiger partial charge in [0.05, 0.1) is 26.9 Å². The number of hydrogen-bond acceptors (Lipinski definition) is 5. The number of carbonyl (C=O) groups excluding carboxylic acids is 2. The lowest BCUT2D eigenvalue weighted by molar-refractivity contribution is -0.146. The highest BCUT2D eigenvalue weighted by atomic mass is 35.5. The molecule has 1 heterocycles. The Balaban J connectivity index is 1.28. The van der Waals surface area contributed by atoms with Crippen LogP contribution in [0.3, 0.4) is 0 Å². The summed E-state index contributed by atoms with van der Waals surface area (Å²) in [6, 6.07) is 25.1. The van der Waals surface area contributed by atoms with Gasteiger partial charge in [-0.15, -0.1) is 11.3 Å². The number of nitrogens with one attached hydrogen (secondary N) is 1. The zero-order chi connectivity index (χ0) is 27.6. The molecule has 1 amide bonds. The lowest BCUT2D eigenvalue weighted by Gasteiger charge is -2.15. The van der Waals surface area contributed by atoms with Crippen LogP contribution in [0.25, 0.3) is 21.6 Å². The molecular weight excluding hydrogens is 553 g/mol. The third-order valence-electron chi connectivity index (χ3n) is 6.90. The van der Waals surface area contributed by atoms with Crippen molar-refractivity contribution >= 4 is 52.3 Å². The second-order valence-corrected chi connectivity index (χ2v) is 11.6. The van der Waals surface area contributed by atoms with Gasteiger partial charge in [-0.05, 0) is 72.7 Å². The molecule has 39 heavy (non-hydrogen) atoms. The van der Waals surface area contributed by atoms with E-state index in [0.717, 1.165) is 45.5 Å². The molecule has 1 aromatic heterocycles. The normalized spacial score (nSPS) is 14.4. The summed E-state index contributed by atoms with van der Waals surface area (Å²) in [4.78, 5) is 25.9. The molecule has 1 N–H and O–H groups in total. The first kappa shape index (κ1) is 27.3. The minimum absolute atomic E-state index is 0.135. The predicted octanol–water partition coefficient (Wildman–Crippen LogP) is 9.29. The maximum Gasteiger partial charge on any atom is 0.412 e. The van der Waals surface area contributed by atoms with Crippen LogP contribution in [0.4, 0.5) is 10.5 Å². The van der Waals surface area contributed by atoms with E-state index in [9.17, 15) is 9.59 Å². The van der Waals surface area contributed by atoms with Crippen LogP contribution in [0.5, 0.6) is 0 Å². The van der Waals surface area contributed by atoms with Crippen molar-refractivity contribution in [1.29, 1.82) is 0 Å². The van der Waals surface area contributed by atoms with Gasteiger partial charge in [0.15, 0.2) is 0 Å². The summed E-state index contributed by atoms with van der Waals surface area (Å²) in [5.41, 5.74) is 4.97. The highest BCUT2D eigenvalue weighted by molar-refractivity contribution is 7.20. The van der Waals surface area contributed by atoms with Gasteiger partial charge >= 0.3 is 12.1 Å². The molecule has 0 spiro atoms. The predicted molar refractivity (Wildman–Crippen MR) is 158 cm³/mol. The van der Waals surface area contributed by atoms with Gasteiger partial charge in [-0.25, -0.2) is 4.79 Å².